The zero-order valence-corrected chi connectivity index (χ0v) is 12.2. The Bertz CT molecular complexity index is 463. The summed E-state index contributed by atoms with van der Waals surface area (Å²) in [7, 11) is 0. The predicted molar refractivity (Wildman–Crippen MR) is 79.4 cm³/mol. The standard InChI is InChI=1S/C14H20N2O2S/c1-14(2)7-12(9-19-10-14)15-8-11-4-3-5-13(6-11)16(17)18/h3-6,12,15H,7-10H2,1-2H3. The normalized spacial score (nSPS) is 22.1. The minimum atomic E-state index is -0.344. The zero-order valence-electron chi connectivity index (χ0n) is 11.4. The third kappa shape index (κ3) is 4.21. The van der Waals surface area contributed by atoms with Crippen molar-refractivity contribution in [3.63, 3.8) is 0 Å². The SMILES string of the molecule is CC1(C)CSCC(NCc2cccc([N+](=O)[O-])c2)C1. The fraction of sp³-hybridized carbons (Fsp3) is 0.571. The second kappa shape index (κ2) is 5.92. The van der Waals surface area contributed by atoms with Gasteiger partial charge in [-0.2, -0.15) is 11.8 Å². The molecule has 0 spiro atoms. The first-order valence-corrected chi connectivity index (χ1v) is 7.66. The van der Waals surface area contributed by atoms with Gasteiger partial charge < -0.3 is 5.32 Å². The molecule has 4 nitrogen and oxygen atoms in total. The summed E-state index contributed by atoms with van der Waals surface area (Å²) in [5, 5.41) is 14.2. The van der Waals surface area contributed by atoms with Gasteiger partial charge in [-0.15, -0.1) is 0 Å². The van der Waals surface area contributed by atoms with Gasteiger partial charge in [0.05, 0.1) is 4.92 Å². The van der Waals surface area contributed by atoms with Gasteiger partial charge in [0.15, 0.2) is 0 Å². The third-order valence-electron chi connectivity index (χ3n) is 3.33. The molecule has 1 heterocycles. The van der Waals surface area contributed by atoms with E-state index >= 15 is 0 Å². The molecular formula is C14H20N2O2S. The maximum Gasteiger partial charge on any atom is 0.269 e. The highest BCUT2D eigenvalue weighted by atomic mass is 32.2. The maximum atomic E-state index is 10.7. The second-order valence-electron chi connectivity index (χ2n) is 5.89. The molecule has 0 bridgehead atoms. The van der Waals surface area contributed by atoms with Gasteiger partial charge in [-0.3, -0.25) is 10.1 Å². The first kappa shape index (κ1) is 14.3. The molecule has 5 heteroatoms. The molecule has 1 fully saturated rings. The van der Waals surface area contributed by atoms with E-state index in [-0.39, 0.29) is 10.6 Å². The molecular weight excluding hydrogens is 260 g/mol. The number of benzene rings is 1. The van der Waals surface area contributed by atoms with Crippen LogP contribution in [0.2, 0.25) is 0 Å². The van der Waals surface area contributed by atoms with E-state index in [1.807, 2.05) is 17.8 Å². The summed E-state index contributed by atoms with van der Waals surface area (Å²) in [6, 6.07) is 7.35. The van der Waals surface area contributed by atoms with Crippen LogP contribution in [-0.2, 0) is 6.54 Å². The molecule has 0 radical (unpaired) electrons. The van der Waals surface area contributed by atoms with Gasteiger partial charge in [0.1, 0.15) is 0 Å². The zero-order chi connectivity index (χ0) is 13.9. The average Bonchev–Trinajstić information content (AvgIpc) is 2.35. The predicted octanol–water partition coefficient (Wildman–Crippen LogP) is 3.22. The summed E-state index contributed by atoms with van der Waals surface area (Å²) < 4.78 is 0. The van der Waals surface area contributed by atoms with Crippen molar-refractivity contribution in [2.24, 2.45) is 5.41 Å². The summed E-state index contributed by atoms with van der Waals surface area (Å²) in [5.74, 6) is 2.33. The van der Waals surface area contributed by atoms with Gasteiger partial charge in [0, 0.05) is 30.5 Å². The Balaban J connectivity index is 1.91. The summed E-state index contributed by atoms with van der Waals surface area (Å²) >= 11 is 1.98. The van der Waals surface area contributed by atoms with Crippen LogP contribution in [0.4, 0.5) is 5.69 Å². The van der Waals surface area contributed by atoms with E-state index in [9.17, 15) is 10.1 Å². The molecule has 19 heavy (non-hydrogen) atoms. The summed E-state index contributed by atoms with van der Waals surface area (Å²) in [5.41, 5.74) is 1.52. The highest BCUT2D eigenvalue weighted by Crippen LogP contribution is 2.33. The van der Waals surface area contributed by atoms with E-state index in [1.165, 1.54) is 11.8 Å². The Morgan fingerprint density at radius 2 is 2.32 bits per heavy atom. The van der Waals surface area contributed by atoms with Crippen molar-refractivity contribution in [3.05, 3.63) is 39.9 Å². The van der Waals surface area contributed by atoms with Crippen molar-refractivity contribution in [2.75, 3.05) is 11.5 Å². The van der Waals surface area contributed by atoms with E-state index in [0.29, 0.717) is 18.0 Å². The number of hydrogen-bond donors (Lipinski definition) is 1. The molecule has 1 aromatic carbocycles. The lowest BCUT2D eigenvalue weighted by Crippen LogP contribution is -2.39. The van der Waals surface area contributed by atoms with Crippen LogP contribution in [0.1, 0.15) is 25.8 Å². The van der Waals surface area contributed by atoms with Crippen molar-refractivity contribution < 1.29 is 4.92 Å². The average molecular weight is 280 g/mol. The largest absolute Gasteiger partial charge is 0.309 e. The van der Waals surface area contributed by atoms with Crippen molar-refractivity contribution in [1.29, 1.82) is 0 Å². The molecule has 0 saturated carbocycles. The van der Waals surface area contributed by atoms with Gasteiger partial charge in [-0.1, -0.05) is 26.0 Å². The quantitative estimate of drug-likeness (QED) is 0.679. The molecule has 2 rings (SSSR count). The molecule has 0 aromatic heterocycles. The van der Waals surface area contributed by atoms with Crippen LogP contribution < -0.4 is 5.32 Å². The molecule has 1 atom stereocenters. The summed E-state index contributed by atoms with van der Waals surface area (Å²) in [4.78, 5) is 10.4. The number of nitrogens with one attached hydrogen (secondary N) is 1. The minimum absolute atomic E-state index is 0.164. The summed E-state index contributed by atoms with van der Waals surface area (Å²) in [6.07, 6.45) is 1.16. The Morgan fingerprint density at radius 1 is 1.53 bits per heavy atom. The monoisotopic (exact) mass is 280 g/mol. The molecule has 1 saturated heterocycles. The first-order valence-electron chi connectivity index (χ1n) is 6.51. The number of nitro benzene ring substituents is 1. The van der Waals surface area contributed by atoms with Crippen LogP contribution in [0.25, 0.3) is 0 Å². The Labute approximate surface area is 118 Å². The Morgan fingerprint density at radius 3 is 3.00 bits per heavy atom. The molecule has 1 aliphatic rings. The van der Waals surface area contributed by atoms with E-state index in [0.717, 1.165) is 17.7 Å². The smallest absolute Gasteiger partial charge is 0.269 e. The maximum absolute atomic E-state index is 10.7. The van der Waals surface area contributed by atoms with E-state index in [1.54, 1.807) is 12.1 Å². The Kier molecular flexibility index (Phi) is 4.47. The van der Waals surface area contributed by atoms with Gasteiger partial charge in [0.2, 0.25) is 0 Å². The third-order valence-corrected chi connectivity index (χ3v) is 4.95. The minimum Gasteiger partial charge on any atom is -0.309 e. The number of rotatable bonds is 4. The fourth-order valence-corrected chi connectivity index (χ4v) is 3.74. The van der Waals surface area contributed by atoms with Gasteiger partial charge in [-0.25, -0.2) is 0 Å². The molecule has 0 aliphatic carbocycles. The summed E-state index contributed by atoms with van der Waals surface area (Å²) in [6.45, 7) is 5.28. The van der Waals surface area contributed by atoms with Gasteiger partial charge in [0.25, 0.3) is 5.69 Å². The highest BCUT2D eigenvalue weighted by Gasteiger charge is 2.27. The molecule has 104 valence electrons. The van der Waals surface area contributed by atoms with E-state index in [2.05, 4.69) is 19.2 Å². The van der Waals surface area contributed by atoms with Crippen LogP contribution >= 0.6 is 11.8 Å². The van der Waals surface area contributed by atoms with Crippen molar-refractivity contribution in [3.8, 4) is 0 Å². The van der Waals surface area contributed by atoms with Crippen molar-refractivity contribution in [2.45, 2.75) is 32.9 Å². The first-order chi connectivity index (χ1) is 8.96. The number of nitro groups is 1. The van der Waals surface area contributed by atoms with Crippen LogP contribution in [0.5, 0.6) is 0 Å². The van der Waals surface area contributed by atoms with Crippen molar-refractivity contribution in [1.82, 2.24) is 5.32 Å². The van der Waals surface area contributed by atoms with E-state index in [4.69, 9.17) is 0 Å². The molecule has 1 N–H and O–H groups in total. The molecule has 1 aliphatic heterocycles. The number of non-ortho nitro benzene ring substituents is 1. The van der Waals surface area contributed by atoms with E-state index < -0.39 is 0 Å². The number of thioether (sulfide) groups is 1. The lowest BCUT2D eigenvalue weighted by atomic mass is 9.88. The molecule has 1 aromatic rings. The fourth-order valence-electron chi connectivity index (χ4n) is 2.44. The van der Waals surface area contributed by atoms with Crippen LogP contribution in [0, 0.1) is 15.5 Å². The topological polar surface area (TPSA) is 55.2 Å². The molecule has 1 unspecified atom stereocenters. The lowest BCUT2D eigenvalue weighted by Gasteiger charge is -2.35. The van der Waals surface area contributed by atoms with Crippen molar-refractivity contribution >= 4 is 17.4 Å². The number of hydrogen-bond acceptors (Lipinski definition) is 4. The Hall–Kier alpha value is -1.07. The van der Waals surface area contributed by atoms with Crippen LogP contribution in [0.15, 0.2) is 24.3 Å². The number of nitrogens with zero attached hydrogens (tertiary/aromatic N) is 1. The van der Waals surface area contributed by atoms with Gasteiger partial charge in [-0.05, 0) is 23.2 Å². The van der Waals surface area contributed by atoms with Crippen LogP contribution in [-0.4, -0.2) is 22.5 Å². The lowest BCUT2D eigenvalue weighted by molar-refractivity contribution is -0.384. The molecule has 0 amide bonds. The second-order valence-corrected chi connectivity index (χ2v) is 6.92. The highest BCUT2D eigenvalue weighted by molar-refractivity contribution is 7.99. The van der Waals surface area contributed by atoms with Gasteiger partial charge >= 0.3 is 0 Å². The van der Waals surface area contributed by atoms with Crippen LogP contribution in [0.3, 0.4) is 0 Å².